The van der Waals surface area contributed by atoms with Crippen LogP contribution in [0.2, 0.25) is 0 Å². The summed E-state index contributed by atoms with van der Waals surface area (Å²) in [4.78, 5) is 23.2. The van der Waals surface area contributed by atoms with E-state index in [1.807, 2.05) is 0 Å². The van der Waals surface area contributed by atoms with E-state index in [0.717, 1.165) is 32.1 Å². The highest BCUT2D eigenvalue weighted by molar-refractivity contribution is 5.85. The summed E-state index contributed by atoms with van der Waals surface area (Å²) in [6.45, 7) is 13.1. The second kappa shape index (κ2) is 15.5. The Bertz CT molecular complexity index is 1590. The van der Waals surface area contributed by atoms with Gasteiger partial charge in [0.25, 0.3) is 0 Å². The zero-order valence-electron chi connectivity index (χ0n) is 35.0. The van der Waals surface area contributed by atoms with Crippen molar-refractivity contribution >= 4 is 11.9 Å². The van der Waals surface area contributed by atoms with Gasteiger partial charge in [-0.05, 0) is 110 Å². The molecule has 2 heterocycles. The van der Waals surface area contributed by atoms with E-state index in [-0.39, 0.29) is 53.3 Å². The highest BCUT2D eigenvalue weighted by Gasteiger charge is 2.84. The van der Waals surface area contributed by atoms with Gasteiger partial charge in [-0.3, -0.25) is 4.79 Å². The summed E-state index contributed by atoms with van der Waals surface area (Å²) < 4.78 is 29.3. The Labute approximate surface area is 341 Å². The molecule has 5 saturated carbocycles. The SMILES string of the molecule is CC(=O)OC[C@@H]1O[C@H](O[C@@H]2CC[C@]34C[C@]35C[C@H](O)[C@]3(C)[C@@H]([C@H](C)CC/C=C(\C)C(=O)O)[C@@H](O)C[C@@]3(C)[C@H]5CC[C@H]4C2(C)C)[C@@H](O)[C@H](O)[C@H]1O[C@@H]1OC[C@@H](O)[C@@H](O)[C@@H]1O. The number of hydrogen-bond acceptors (Lipinski definition) is 14. The van der Waals surface area contributed by atoms with E-state index in [9.17, 15) is 50.4 Å². The Morgan fingerprint density at radius 2 is 1.50 bits per heavy atom. The van der Waals surface area contributed by atoms with Crippen LogP contribution >= 0.6 is 0 Å². The second-order valence-electron chi connectivity index (χ2n) is 20.3. The van der Waals surface area contributed by atoms with Gasteiger partial charge >= 0.3 is 11.9 Å². The molecule has 58 heavy (non-hydrogen) atoms. The van der Waals surface area contributed by atoms with Crippen molar-refractivity contribution in [3.63, 3.8) is 0 Å². The first-order valence-electron chi connectivity index (χ1n) is 21.4. The molecule has 0 aromatic heterocycles. The minimum Gasteiger partial charge on any atom is -0.478 e. The molecule has 7 fully saturated rings. The van der Waals surface area contributed by atoms with Crippen molar-refractivity contribution < 1.29 is 74.1 Å². The van der Waals surface area contributed by atoms with E-state index >= 15 is 0 Å². The molecular formula is C43H68O15. The van der Waals surface area contributed by atoms with Gasteiger partial charge in [-0.15, -0.1) is 0 Å². The van der Waals surface area contributed by atoms with E-state index in [1.165, 1.54) is 6.92 Å². The lowest BCUT2D eigenvalue weighted by atomic mass is 9.41. The van der Waals surface area contributed by atoms with Crippen LogP contribution < -0.4 is 0 Å². The number of rotatable bonds is 11. The smallest absolute Gasteiger partial charge is 0.330 e. The van der Waals surface area contributed by atoms with Crippen molar-refractivity contribution in [3.05, 3.63) is 11.6 Å². The summed E-state index contributed by atoms with van der Waals surface area (Å²) in [6, 6.07) is 0. The first kappa shape index (κ1) is 44.3. The molecule has 7 aliphatic rings. The molecule has 0 aromatic rings. The highest BCUT2D eigenvalue weighted by Crippen LogP contribution is 2.89. The van der Waals surface area contributed by atoms with Crippen LogP contribution in [0.3, 0.4) is 0 Å². The van der Waals surface area contributed by atoms with Crippen molar-refractivity contribution in [2.45, 2.75) is 180 Å². The molecule has 0 unspecified atom stereocenters. The molecule has 20 atom stereocenters. The largest absolute Gasteiger partial charge is 0.478 e. The Balaban J connectivity index is 1.07. The fourth-order valence-electron chi connectivity index (χ4n) is 14.3. The maximum Gasteiger partial charge on any atom is 0.330 e. The molecule has 0 aromatic carbocycles. The van der Waals surface area contributed by atoms with E-state index in [4.69, 9.17) is 23.7 Å². The van der Waals surface area contributed by atoms with Gasteiger partial charge in [0, 0.05) is 17.9 Å². The fourth-order valence-corrected chi connectivity index (χ4v) is 14.3. The Morgan fingerprint density at radius 1 is 0.828 bits per heavy atom. The lowest BCUT2D eigenvalue weighted by Gasteiger charge is -2.64. The molecule has 2 spiro atoms. The summed E-state index contributed by atoms with van der Waals surface area (Å²) in [5, 5.41) is 87.0. The summed E-state index contributed by atoms with van der Waals surface area (Å²) in [6.07, 6.45) is -5.96. The minimum absolute atomic E-state index is 0.0280. The van der Waals surface area contributed by atoms with Gasteiger partial charge in [-0.25, -0.2) is 4.79 Å². The number of aliphatic carboxylic acids is 1. The van der Waals surface area contributed by atoms with E-state index in [2.05, 4.69) is 34.6 Å². The van der Waals surface area contributed by atoms with Gasteiger partial charge in [0.2, 0.25) is 0 Å². The third-order valence-electron chi connectivity index (χ3n) is 17.3. The predicted octanol–water partition coefficient (Wildman–Crippen LogP) is 2.03. The maximum absolute atomic E-state index is 12.4. The zero-order valence-corrected chi connectivity index (χ0v) is 35.0. The molecule has 0 radical (unpaired) electrons. The molecule has 15 nitrogen and oxygen atoms in total. The van der Waals surface area contributed by atoms with Crippen LogP contribution in [0.25, 0.3) is 0 Å². The van der Waals surface area contributed by atoms with Gasteiger partial charge in [0.1, 0.15) is 49.3 Å². The Hall–Kier alpha value is -1.76. The van der Waals surface area contributed by atoms with Crippen LogP contribution in [0.15, 0.2) is 11.6 Å². The number of carbonyl (C=O) groups is 2. The number of fused-ring (bicyclic) bond motifs is 2. The first-order chi connectivity index (χ1) is 27.1. The highest BCUT2D eigenvalue weighted by atomic mass is 16.7. The van der Waals surface area contributed by atoms with E-state index in [1.54, 1.807) is 13.0 Å². The Morgan fingerprint density at radius 3 is 2.17 bits per heavy atom. The number of carbonyl (C=O) groups excluding carboxylic acids is 1. The Kier molecular flexibility index (Phi) is 11.9. The van der Waals surface area contributed by atoms with Gasteiger partial charge in [0.05, 0.1) is 24.9 Å². The molecule has 5 aliphatic carbocycles. The minimum atomic E-state index is -1.66. The first-order valence-corrected chi connectivity index (χ1v) is 21.4. The van der Waals surface area contributed by atoms with E-state index < -0.39 is 90.3 Å². The topological polar surface area (TPSA) is 242 Å². The van der Waals surface area contributed by atoms with Crippen LogP contribution in [0.1, 0.15) is 106 Å². The van der Waals surface area contributed by atoms with E-state index in [0.29, 0.717) is 37.2 Å². The molecule has 8 N–H and O–H groups in total. The van der Waals surface area contributed by atoms with Crippen molar-refractivity contribution in [1.82, 2.24) is 0 Å². The monoisotopic (exact) mass is 824 g/mol. The number of ether oxygens (including phenoxy) is 5. The molecule has 330 valence electrons. The molecule has 2 aliphatic heterocycles. The fraction of sp³-hybridized carbons (Fsp3) is 0.907. The number of aliphatic hydroxyl groups is 7. The van der Waals surface area contributed by atoms with Crippen molar-refractivity contribution in [2.75, 3.05) is 13.2 Å². The van der Waals surface area contributed by atoms with Crippen molar-refractivity contribution in [2.24, 2.45) is 50.7 Å². The third kappa shape index (κ3) is 6.72. The van der Waals surface area contributed by atoms with Gasteiger partial charge in [-0.2, -0.15) is 0 Å². The number of carboxylic acid groups (broad SMARTS) is 1. The average molecular weight is 825 g/mol. The van der Waals surface area contributed by atoms with Gasteiger partial charge in [0.15, 0.2) is 12.6 Å². The molecule has 0 amide bonds. The third-order valence-corrected chi connectivity index (χ3v) is 17.3. The molecule has 2 saturated heterocycles. The summed E-state index contributed by atoms with van der Waals surface area (Å²) >= 11 is 0. The second-order valence-corrected chi connectivity index (χ2v) is 20.3. The molecule has 7 rings (SSSR count). The number of esters is 1. The molecular weight excluding hydrogens is 756 g/mol. The maximum atomic E-state index is 12.4. The van der Waals surface area contributed by atoms with Gasteiger partial charge < -0.3 is 64.5 Å². The molecule has 15 heteroatoms. The van der Waals surface area contributed by atoms with Crippen LogP contribution in [0, 0.1) is 50.7 Å². The van der Waals surface area contributed by atoms with Crippen LogP contribution in [0.4, 0.5) is 0 Å². The number of carboxylic acids is 1. The van der Waals surface area contributed by atoms with Crippen molar-refractivity contribution in [1.29, 1.82) is 0 Å². The van der Waals surface area contributed by atoms with Crippen molar-refractivity contribution in [3.8, 4) is 0 Å². The number of hydrogen-bond donors (Lipinski definition) is 8. The standard InChI is InChI=1S/C43H68O15/c1-20(9-8-10-21(2)36(52)53)30-23(45)15-40(6)27-12-11-26-39(4,5)29(13-14-42(26)19-43(27,42)16-28(47)41(30,40)7)57-38-34(51)32(49)35(25(56-38)18-54-22(3)44)58-37-33(50)31(48)24(46)17-55-37/h10,20,23-35,37-38,45-51H,8-9,11-19H2,1-7H3,(H,52,53)/b21-10+/t20-,23+,24-,25+,26+,27-,28+,29-,30+,31-,32+,33+,34+,35+,37+,38-,40+,41-,42-,43+/m1/s1. The van der Waals surface area contributed by atoms with Gasteiger partial charge in [-0.1, -0.05) is 40.7 Å². The number of allylic oxidation sites excluding steroid dienone is 1. The zero-order chi connectivity index (χ0) is 42.5. The summed E-state index contributed by atoms with van der Waals surface area (Å²) in [5.41, 5.74) is -1.02. The predicted molar refractivity (Wildman–Crippen MR) is 204 cm³/mol. The number of aliphatic hydroxyl groups excluding tert-OH is 7. The molecule has 0 bridgehead atoms. The van der Waals surface area contributed by atoms with Crippen LogP contribution in [-0.4, -0.2) is 140 Å². The normalized spacial score (nSPS) is 51.4. The van der Waals surface area contributed by atoms with Crippen LogP contribution in [0.5, 0.6) is 0 Å². The summed E-state index contributed by atoms with van der Waals surface area (Å²) in [5.74, 6) is -1.04. The lowest BCUT2D eigenvalue weighted by Crippen LogP contribution is -2.65. The average Bonchev–Trinajstić information content (AvgIpc) is 3.74. The summed E-state index contributed by atoms with van der Waals surface area (Å²) in [7, 11) is 0. The quantitative estimate of drug-likeness (QED) is 0.0845. The van der Waals surface area contributed by atoms with Crippen LogP contribution in [-0.2, 0) is 33.3 Å². The lowest BCUT2D eigenvalue weighted by molar-refractivity contribution is -0.359.